The summed E-state index contributed by atoms with van der Waals surface area (Å²) in [4.78, 5) is 35.2. The van der Waals surface area contributed by atoms with Crippen molar-refractivity contribution in [2.45, 2.75) is 12.1 Å². The van der Waals surface area contributed by atoms with Gasteiger partial charge in [-0.1, -0.05) is 23.9 Å². The molecule has 9 nitrogen and oxygen atoms in total. The van der Waals surface area contributed by atoms with E-state index < -0.39 is 5.97 Å². The Morgan fingerprint density at radius 1 is 1.07 bits per heavy atom. The smallest absolute Gasteiger partial charge is 0.337 e. The van der Waals surface area contributed by atoms with Gasteiger partial charge in [-0.25, -0.2) is 4.79 Å². The van der Waals surface area contributed by atoms with Gasteiger partial charge < -0.3 is 15.4 Å². The van der Waals surface area contributed by atoms with E-state index in [1.807, 2.05) is 6.07 Å². The summed E-state index contributed by atoms with van der Waals surface area (Å²) in [6, 6.07) is 13.7. The Hall–Kier alpha value is -3.66. The summed E-state index contributed by atoms with van der Waals surface area (Å²) in [6.07, 6.45) is 1.53. The lowest BCUT2D eigenvalue weighted by Crippen LogP contribution is -2.15. The molecule has 0 saturated carbocycles. The molecule has 0 unspecified atom stereocenters. The van der Waals surface area contributed by atoms with Crippen molar-refractivity contribution in [3.8, 4) is 5.69 Å². The highest BCUT2D eigenvalue weighted by Gasteiger charge is 2.12. The molecule has 0 atom stereocenters. The van der Waals surface area contributed by atoms with E-state index >= 15 is 0 Å². The summed E-state index contributed by atoms with van der Waals surface area (Å²) >= 11 is 1.21. The van der Waals surface area contributed by atoms with Gasteiger partial charge in [0.1, 0.15) is 6.33 Å². The number of benzene rings is 2. The fraction of sp³-hybridized carbons (Fsp3) is 0.150. The Balaban J connectivity index is 1.65. The number of esters is 1. The predicted octanol–water partition coefficient (Wildman–Crippen LogP) is 2.74. The van der Waals surface area contributed by atoms with Gasteiger partial charge in [-0.15, -0.1) is 10.2 Å². The summed E-state index contributed by atoms with van der Waals surface area (Å²) in [5.74, 6) is -0.816. The molecule has 1 aromatic heterocycles. The Morgan fingerprint density at radius 3 is 2.53 bits per heavy atom. The molecule has 0 aliphatic rings. The average Bonchev–Trinajstić information content (AvgIpc) is 3.20. The Morgan fingerprint density at radius 2 is 1.80 bits per heavy atom. The topological polar surface area (TPSA) is 115 Å². The summed E-state index contributed by atoms with van der Waals surface area (Å²) in [5, 5.41) is 14.0. The number of nitrogens with zero attached hydrogens (tertiary/aromatic N) is 3. The molecular formula is C20H19N5O4S. The van der Waals surface area contributed by atoms with E-state index in [9.17, 15) is 14.4 Å². The minimum Gasteiger partial charge on any atom is -0.465 e. The first-order valence-corrected chi connectivity index (χ1v) is 9.84. The Labute approximate surface area is 176 Å². The van der Waals surface area contributed by atoms with Crippen LogP contribution in [0.2, 0.25) is 0 Å². The van der Waals surface area contributed by atoms with Gasteiger partial charge in [0.2, 0.25) is 11.8 Å². The molecule has 30 heavy (non-hydrogen) atoms. The molecule has 2 aromatic carbocycles. The zero-order chi connectivity index (χ0) is 21.5. The number of rotatable bonds is 7. The van der Waals surface area contributed by atoms with E-state index in [1.165, 1.54) is 32.1 Å². The minimum atomic E-state index is -0.477. The summed E-state index contributed by atoms with van der Waals surface area (Å²) in [5.41, 5.74) is 2.24. The summed E-state index contributed by atoms with van der Waals surface area (Å²) in [7, 11) is 1.30. The van der Waals surface area contributed by atoms with Gasteiger partial charge >= 0.3 is 5.97 Å². The van der Waals surface area contributed by atoms with Crippen molar-refractivity contribution in [3.63, 3.8) is 0 Å². The van der Waals surface area contributed by atoms with Crippen molar-refractivity contribution in [3.05, 3.63) is 60.4 Å². The van der Waals surface area contributed by atoms with Gasteiger partial charge in [0.15, 0.2) is 5.16 Å². The normalized spacial score (nSPS) is 10.3. The van der Waals surface area contributed by atoms with Crippen LogP contribution >= 0.6 is 11.8 Å². The Kier molecular flexibility index (Phi) is 6.81. The zero-order valence-electron chi connectivity index (χ0n) is 16.3. The van der Waals surface area contributed by atoms with Crippen molar-refractivity contribution < 1.29 is 19.1 Å². The number of methoxy groups -OCH3 is 1. The Bertz CT molecular complexity index is 1080. The minimum absolute atomic E-state index is 0.0898. The number of carbonyl (C=O) groups excluding carboxylic acids is 3. The van der Waals surface area contributed by atoms with E-state index in [-0.39, 0.29) is 17.6 Å². The predicted molar refractivity (Wildman–Crippen MR) is 113 cm³/mol. The number of nitrogens with one attached hydrogen (secondary N) is 2. The maximum Gasteiger partial charge on any atom is 0.337 e. The highest BCUT2D eigenvalue weighted by Crippen LogP contribution is 2.22. The number of hydrogen-bond acceptors (Lipinski definition) is 7. The lowest BCUT2D eigenvalue weighted by molar-refractivity contribution is -0.114. The second-order valence-corrected chi connectivity index (χ2v) is 7.07. The van der Waals surface area contributed by atoms with Crippen molar-refractivity contribution in [1.82, 2.24) is 14.8 Å². The van der Waals surface area contributed by atoms with Gasteiger partial charge in [-0.2, -0.15) is 0 Å². The highest BCUT2D eigenvalue weighted by molar-refractivity contribution is 7.99. The summed E-state index contributed by atoms with van der Waals surface area (Å²) < 4.78 is 6.40. The first kappa shape index (κ1) is 21.1. The molecule has 0 saturated heterocycles. The molecule has 10 heteroatoms. The first-order valence-electron chi connectivity index (χ1n) is 8.85. The number of aromatic nitrogens is 3. The van der Waals surface area contributed by atoms with Crippen LogP contribution in [0, 0.1) is 0 Å². The molecule has 3 aromatic rings. The van der Waals surface area contributed by atoms with Gasteiger partial charge in [0.05, 0.1) is 24.1 Å². The number of anilines is 2. The molecule has 0 aliphatic carbocycles. The third-order valence-corrected chi connectivity index (χ3v) is 4.80. The maximum atomic E-state index is 12.3. The van der Waals surface area contributed by atoms with E-state index in [2.05, 4.69) is 25.6 Å². The van der Waals surface area contributed by atoms with Gasteiger partial charge in [0, 0.05) is 18.3 Å². The standard InChI is InChI=1S/C20H19N5O4S/c1-13(26)22-16-7-4-8-17(10-16)25-12-21-24-20(25)30-11-18(27)23-15-6-3-5-14(9-15)19(28)29-2/h3-10,12H,11H2,1-2H3,(H,22,26)(H,23,27). The van der Waals surface area contributed by atoms with Crippen LogP contribution in [0.3, 0.4) is 0 Å². The molecule has 2 amide bonds. The average molecular weight is 425 g/mol. The number of carbonyl (C=O) groups is 3. The monoisotopic (exact) mass is 425 g/mol. The lowest BCUT2D eigenvalue weighted by atomic mass is 10.2. The van der Waals surface area contributed by atoms with Gasteiger partial charge in [-0.05, 0) is 36.4 Å². The largest absolute Gasteiger partial charge is 0.465 e. The second kappa shape index (κ2) is 9.70. The SMILES string of the molecule is COC(=O)c1cccc(NC(=O)CSc2nncn2-c2cccc(NC(C)=O)c2)c1. The van der Waals surface area contributed by atoms with Crippen molar-refractivity contribution in [2.24, 2.45) is 0 Å². The molecule has 0 spiro atoms. The van der Waals surface area contributed by atoms with E-state index in [0.29, 0.717) is 22.1 Å². The molecule has 3 rings (SSSR count). The summed E-state index contributed by atoms with van der Waals surface area (Å²) in [6.45, 7) is 1.44. The molecule has 0 fully saturated rings. The molecule has 2 N–H and O–H groups in total. The number of ether oxygens (including phenoxy) is 1. The van der Waals surface area contributed by atoms with Crippen LogP contribution in [0.15, 0.2) is 60.0 Å². The highest BCUT2D eigenvalue weighted by atomic mass is 32.2. The molecule has 0 radical (unpaired) electrons. The van der Waals surface area contributed by atoms with Crippen LogP contribution in [0.5, 0.6) is 0 Å². The van der Waals surface area contributed by atoms with Crippen LogP contribution in [0.4, 0.5) is 11.4 Å². The van der Waals surface area contributed by atoms with Gasteiger partial charge in [-0.3, -0.25) is 14.2 Å². The van der Waals surface area contributed by atoms with Crippen molar-refractivity contribution >= 4 is 40.9 Å². The molecule has 1 heterocycles. The zero-order valence-corrected chi connectivity index (χ0v) is 17.1. The maximum absolute atomic E-state index is 12.3. The van der Waals surface area contributed by atoms with Gasteiger partial charge in [0.25, 0.3) is 0 Å². The molecule has 154 valence electrons. The van der Waals surface area contributed by atoms with Crippen LogP contribution in [-0.4, -0.2) is 45.4 Å². The third kappa shape index (κ3) is 5.45. The van der Waals surface area contributed by atoms with Crippen LogP contribution < -0.4 is 10.6 Å². The van der Waals surface area contributed by atoms with E-state index in [4.69, 9.17) is 0 Å². The second-order valence-electron chi connectivity index (χ2n) is 6.12. The van der Waals surface area contributed by atoms with Crippen LogP contribution in [0.1, 0.15) is 17.3 Å². The first-order chi connectivity index (χ1) is 14.5. The molecular weight excluding hydrogens is 406 g/mol. The third-order valence-electron chi connectivity index (χ3n) is 3.86. The fourth-order valence-corrected chi connectivity index (χ4v) is 3.33. The molecule has 0 bridgehead atoms. The lowest BCUT2D eigenvalue weighted by Gasteiger charge is -2.09. The van der Waals surface area contributed by atoms with Crippen molar-refractivity contribution in [2.75, 3.05) is 23.5 Å². The van der Waals surface area contributed by atoms with E-state index in [1.54, 1.807) is 47.0 Å². The number of amides is 2. The molecule has 0 aliphatic heterocycles. The number of thioether (sulfide) groups is 1. The van der Waals surface area contributed by atoms with Crippen molar-refractivity contribution in [1.29, 1.82) is 0 Å². The van der Waals surface area contributed by atoms with Crippen LogP contribution in [-0.2, 0) is 14.3 Å². The number of hydrogen-bond donors (Lipinski definition) is 2. The van der Waals surface area contributed by atoms with Crippen LogP contribution in [0.25, 0.3) is 5.69 Å². The quantitative estimate of drug-likeness (QED) is 0.442. The van der Waals surface area contributed by atoms with E-state index in [0.717, 1.165) is 5.69 Å². The fourth-order valence-electron chi connectivity index (χ4n) is 2.61.